The Hall–Kier alpha value is -3.41. The van der Waals surface area contributed by atoms with E-state index >= 15 is 0 Å². The highest BCUT2D eigenvalue weighted by Crippen LogP contribution is 2.26. The van der Waals surface area contributed by atoms with Gasteiger partial charge in [0.15, 0.2) is 0 Å². The molecule has 0 radical (unpaired) electrons. The molecule has 0 aromatic heterocycles. The summed E-state index contributed by atoms with van der Waals surface area (Å²) in [6.07, 6.45) is 0.226. The minimum absolute atomic E-state index is 0.0420. The molecule has 1 unspecified atom stereocenters. The lowest BCUT2D eigenvalue weighted by Gasteiger charge is -2.35. The molecular formula is C34H35ClIN3O4S. The van der Waals surface area contributed by atoms with Gasteiger partial charge in [-0.3, -0.25) is 13.9 Å². The van der Waals surface area contributed by atoms with Gasteiger partial charge in [0, 0.05) is 27.1 Å². The van der Waals surface area contributed by atoms with Gasteiger partial charge < -0.3 is 10.2 Å². The number of hydrogen-bond acceptors (Lipinski definition) is 4. The van der Waals surface area contributed by atoms with E-state index in [1.807, 2.05) is 57.2 Å². The van der Waals surface area contributed by atoms with E-state index in [0.29, 0.717) is 16.3 Å². The standard InChI is InChI=1S/C34H35ClIN3O4S/c1-34(2,3)37-33(41)31(22-25-11-6-4-7-12-25)38(23-26-13-10-14-27(35)21-26)32(40)24-39(29-19-17-28(36)18-20-29)44(42,43)30-15-8-5-9-16-30/h4-21,31H,22-24H2,1-3H3,(H,37,41). The number of anilines is 1. The number of hydrogen-bond donors (Lipinski definition) is 1. The molecule has 7 nitrogen and oxygen atoms in total. The summed E-state index contributed by atoms with van der Waals surface area (Å²) in [7, 11) is -4.15. The van der Waals surface area contributed by atoms with Crippen LogP contribution in [0.15, 0.2) is 114 Å². The number of amides is 2. The fourth-order valence-electron chi connectivity index (χ4n) is 4.69. The smallest absolute Gasteiger partial charge is 0.264 e. The van der Waals surface area contributed by atoms with Crippen molar-refractivity contribution in [2.24, 2.45) is 0 Å². The maximum atomic E-state index is 14.5. The number of rotatable bonds is 11. The molecule has 0 saturated carbocycles. The summed E-state index contributed by atoms with van der Waals surface area (Å²) >= 11 is 8.44. The summed E-state index contributed by atoms with van der Waals surface area (Å²) in [5.74, 6) is -0.878. The van der Waals surface area contributed by atoms with Gasteiger partial charge >= 0.3 is 0 Å². The van der Waals surface area contributed by atoms with E-state index in [4.69, 9.17) is 11.6 Å². The summed E-state index contributed by atoms with van der Waals surface area (Å²) < 4.78 is 30.1. The topological polar surface area (TPSA) is 86.8 Å². The van der Waals surface area contributed by atoms with Crippen molar-refractivity contribution in [3.05, 3.63) is 129 Å². The highest BCUT2D eigenvalue weighted by Gasteiger charge is 2.35. The van der Waals surface area contributed by atoms with Crippen molar-refractivity contribution in [3.63, 3.8) is 0 Å². The van der Waals surface area contributed by atoms with Crippen molar-refractivity contribution < 1.29 is 18.0 Å². The predicted octanol–water partition coefficient (Wildman–Crippen LogP) is 6.69. The van der Waals surface area contributed by atoms with E-state index in [2.05, 4.69) is 27.9 Å². The molecule has 1 N–H and O–H groups in total. The third-order valence-corrected chi connectivity index (χ3v) is 9.48. The van der Waals surface area contributed by atoms with Crippen LogP contribution in [0.5, 0.6) is 0 Å². The number of sulfonamides is 1. The van der Waals surface area contributed by atoms with Gasteiger partial charge in [0.25, 0.3) is 10.0 Å². The fraction of sp³-hybridized carbons (Fsp3) is 0.235. The second-order valence-corrected chi connectivity index (χ2v) is 14.9. The van der Waals surface area contributed by atoms with E-state index in [1.165, 1.54) is 17.0 Å². The largest absolute Gasteiger partial charge is 0.350 e. The Morgan fingerprint density at radius 1 is 0.841 bits per heavy atom. The van der Waals surface area contributed by atoms with Crippen LogP contribution in [0.2, 0.25) is 5.02 Å². The zero-order chi connectivity index (χ0) is 31.9. The van der Waals surface area contributed by atoms with Crippen molar-refractivity contribution in [1.82, 2.24) is 10.2 Å². The lowest BCUT2D eigenvalue weighted by molar-refractivity contribution is -0.140. The molecule has 0 aliphatic heterocycles. The Kier molecular flexibility index (Phi) is 11.1. The Labute approximate surface area is 278 Å². The van der Waals surface area contributed by atoms with E-state index in [-0.39, 0.29) is 23.8 Å². The number of carbonyl (C=O) groups is 2. The first kappa shape index (κ1) is 33.5. The second-order valence-electron chi connectivity index (χ2n) is 11.4. The van der Waals surface area contributed by atoms with Crippen molar-refractivity contribution in [3.8, 4) is 0 Å². The molecule has 0 heterocycles. The molecule has 0 saturated heterocycles. The van der Waals surface area contributed by atoms with Gasteiger partial charge in [0.05, 0.1) is 10.6 Å². The molecule has 0 bridgehead atoms. The molecular weight excluding hydrogens is 709 g/mol. The number of halogens is 2. The Balaban J connectivity index is 1.81. The summed E-state index contributed by atoms with van der Waals surface area (Å²) in [6, 6.07) is 30.5. The van der Waals surface area contributed by atoms with Gasteiger partial charge in [-0.05, 0) is 103 Å². The van der Waals surface area contributed by atoms with Crippen molar-refractivity contribution in [1.29, 1.82) is 0 Å². The van der Waals surface area contributed by atoms with E-state index in [0.717, 1.165) is 13.4 Å². The quantitative estimate of drug-likeness (QED) is 0.174. The van der Waals surface area contributed by atoms with Crippen LogP contribution >= 0.6 is 34.2 Å². The minimum atomic E-state index is -4.15. The molecule has 0 fully saturated rings. The molecule has 4 aromatic carbocycles. The summed E-state index contributed by atoms with van der Waals surface area (Å²) in [6.45, 7) is 5.14. The third-order valence-electron chi connectivity index (χ3n) is 6.74. The summed E-state index contributed by atoms with van der Waals surface area (Å²) in [5.41, 5.74) is 1.33. The SMILES string of the molecule is CC(C)(C)NC(=O)C(Cc1ccccc1)N(Cc1cccc(Cl)c1)C(=O)CN(c1ccc(I)cc1)S(=O)(=O)c1ccccc1. The Morgan fingerprint density at radius 3 is 2.02 bits per heavy atom. The van der Waals surface area contributed by atoms with Crippen LogP contribution in [-0.4, -0.2) is 43.3 Å². The number of nitrogens with one attached hydrogen (secondary N) is 1. The van der Waals surface area contributed by atoms with Gasteiger partial charge in [0.2, 0.25) is 11.8 Å². The van der Waals surface area contributed by atoms with Crippen LogP contribution in [-0.2, 0) is 32.6 Å². The fourth-order valence-corrected chi connectivity index (χ4v) is 6.70. The van der Waals surface area contributed by atoms with Crippen molar-refractivity contribution in [2.45, 2.75) is 50.2 Å². The van der Waals surface area contributed by atoms with Gasteiger partial charge in [0.1, 0.15) is 12.6 Å². The zero-order valence-corrected chi connectivity index (χ0v) is 28.5. The molecule has 230 valence electrons. The molecule has 0 aliphatic rings. The Bertz CT molecular complexity index is 1680. The van der Waals surface area contributed by atoms with Crippen molar-refractivity contribution in [2.75, 3.05) is 10.8 Å². The van der Waals surface area contributed by atoms with Crippen LogP contribution in [0.25, 0.3) is 0 Å². The van der Waals surface area contributed by atoms with E-state index in [9.17, 15) is 18.0 Å². The van der Waals surface area contributed by atoms with Gasteiger partial charge in [-0.1, -0.05) is 72.3 Å². The summed E-state index contributed by atoms with van der Waals surface area (Å²) in [4.78, 5) is 29.9. The minimum Gasteiger partial charge on any atom is -0.350 e. The summed E-state index contributed by atoms with van der Waals surface area (Å²) in [5, 5.41) is 3.51. The molecule has 0 aliphatic carbocycles. The molecule has 1 atom stereocenters. The number of carbonyl (C=O) groups excluding carboxylic acids is 2. The van der Waals surface area contributed by atoms with E-state index < -0.39 is 34.1 Å². The lowest BCUT2D eigenvalue weighted by atomic mass is 10.0. The van der Waals surface area contributed by atoms with Crippen LogP contribution in [0, 0.1) is 3.57 Å². The first-order valence-corrected chi connectivity index (χ1v) is 17.0. The van der Waals surface area contributed by atoms with Gasteiger partial charge in [-0.2, -0.15) is 0 Å². The third kappa shape index (κ3) is 9.06. The second kappa shape index (κ2) is 14.6. The number of benzene rings is 4. The van der Waals surface area contributed by atoms with E-state index in [1.54, 1.807) is 60.7 Å². The molecule has 4 rings (SSSR count). The first-order valence-electron chi connectivity index (χ1n) is 14.1. The molecule has 10 heteroatoms. The lowest BCUT2D eigenvalue weighted by Crippen LogP contribution is -2.56. The Morgan fingerprint density at radius 2 is 1.43 bits per heavy atom. The average molecular weight is 744 g/mol. The predicted molar refractivity (Wildman–Crippen MR) is 184 cm³/mol. The molecule has 4 aromatic rings. The van der Waals surface area contributed by atoms with Crippen LogP contribution in [0.1, 0.15) is 31.9 Å². The first-order chi connectivity index (χ1) is 20.8. The van der Waals surface area contributed by atoms with Crippen molar-refractivity contribution >= 4 is 61.7 Å². The highest BCUT2D eigenvalue weighted by atomic mass is 127. The maximum Gasteiger partial charge on any atom is 0.264 e. The van der Waals surface area contributed by atoms with Gasteiger partial charge in [-0.15, -0.1) is 0 Å². The normalized spacial score (nSPS) is 12.3. The van der Waals surface area contributed by atoms with Gasteiger partial charge in [-0.25, -0.2) is 8.42 Å². The monoisotopic (exact) mass is 743 g/mol. The molecule has 44 heavy (non-hydrogen) atoms. The van der Waals surface area contributed by atoms with Crippen LogP contribution < -0.4 is 9.62 Å². The highest BCUT2D eigenvalue weighted by molar-refractivity contribution is 14.1. The maximum absolute atomic E-state index is 14.5. The molecule has 2 amide bonds. The number of nitrogens with zero attached hydrogens (tertiary/aromatic N) is 2. The van der Waals surface area contributed by atoms with Crippen LogP contribution in [0.4, 0.5) is 5.69 Å². The van der Waals surface area contributed by atoms with Crippen LogP contribution in [0.3, 0.4) is 0 Å². The molecule has 0 spiro atoms. The average Bonchev–Trinajstić information content (AvgIpc) is 2.98. The zero-order valence-electron chi connectivity index (χ0n) is 24.8.